The van der Waals surface area contributed by atoms with Crippen molar-refractivity contribution in [3.63, 3.8) is 0 Å². The van der Waals surface area contributed by atoms with Gasteiger partial charge in [-0.2, -0.15) is 0 Å². The molecule has 1 amide bonds. The molecule has 0 fully saturated rings. The van der Waals surface area contributed by atoms with Gasteiger partial charge < -0.3 is 14.2 Å². The maximum atomic E-state index is 14.2. The summed E-state index contributed by atoms with van der Waals surface area (Å²) in [5.41, 5.74) is 0.536. The third-order valence-corrected chi connectivity index (χ3v) is 5.45. The molecule has 0 unspecified atom stereocenters. The first-order chi connectivity index (χ1) is 14.9. The van der Waals surface area contributed by atoms with Crippen LogP contribution in [0.2, 0.25) is 0 Å². The fourth-order valence-electron chi connectivity index (χ4n) is 3.11. The van der Waals surface area contributed by atoms with Crippen LogP contribution in [0.25, 0.3) is 0 Å². The van der Waals surface area contributed by atoms with Gasteiger partial charge in [0, 0.05) is 12.3 Å². The average Bonchev–Trinajstić information content (AvgIpc) is 3.21. The van der Waals surface area contributed by atoms with Gasteiger partial charge in [-0.05, 0) is 31.2 Å². The predicted octanol–water partition coefficient (Wildman–Crippen LogP) is 4.24. The van der Waals surface area contributed by atoms with E-state index >= 15 is 0 Å². The minimum Gasteiger partial charge on any atom is -0.482 e. The molecule has 7 nitrogen and oxygen atoms in total. The number of carbonyl (C=O) groups is 2. The van der Waals surface area contributed by atoms with E-state index in [1.165, 1.54) is 24.0 Å². The molecular weight excluding hydrogens is 423 g/mol. The Morgan fingerprint density at radius 3 is 2.52 bits per heavy atom. The molecular formula is C22H19FN2O5S. The van der Waals surface area contributed by atoms with Crippen LogP contribution in [0.5, 0.6) is 11.5 Å². The number of ether oxygens (including phenoxy) is 3. The lowest BCUT2D eigenvalue weighted by Gasteiger charge is -2.30. The van der Waals surface area contributed by atoms with Gasteiger partial charge in [-0.3, -0.25) is 9.69 Å². The van der Waals surface area contributed by atoms with Crippen LogP contribution in [0, 0.1) is 5.82 Å². The molecule has 2 atom stereocenters. The van der Waals surface area contributed by atoms with Crippen LogP contribution in [0.4, 0.5) is 15.2 Å². The van der Waals surface area contributed by atoms with E-state index in [4.69, 9.17) is 14.2 Å². The normalized spacial score (nSPS) is 17.1. The number of nitrogens with zero attached hydrogens (tertiary/aromatic N) is 2. The zero-order chi connectivity index (χ0) is 22.0. The van der Waals surface area contributed by atoms with E-state index in [-0.39, 0.29) is 23.3 Å². The Morgan fingerprint density at radius 2 is 1.81 bits per heavy atom. The van der Waals surface area contributed by atoms with E-state index in [1.807, 2.05) is 6.07 Å². The Bertz CT molecular complexity index is 1120. The quantitative estimate of drug-likeness (QED) is 0.550. The Kier molecular flexibility index (Phi) is 5.85. The van der Waals surface area contributed by atoms with E-state index in [0.29, 0.717) is 17.2 Å². The van der Waals surface area contributed by atoms with Crippen molar-refractivity contribution < 1.29 is 28.2 Å². The van der Waals surface area contributed by atoms with Crippen LogP contribution < -0.4 is 14.4 Å². The number of halogens is 1. The highest BCUT2D eigenvalue weighted by atomic mass is 32.1. The minimum atomic E-state index is -0.917. The smallest absolute Gasteiger partial charge is 0.351 e. The summed E-state index contributed by atoms with van der Waals surface area (Å²) >= 11 is 1.15. The molecule has 0 aliphatic carbocycles. The molecule has 2 aromatic carbocycles. The number of hydrogen-bond acceptors (Lipinski definition) is 7. The van der Waals surface area contributed by atoms with Gasteiger partial charge in [0.15, 0.2) is 16.6 Å². The van der Waals surface area contributed by atoms with Gasteiger partial charge in [-0.1, -0.05) is 24.3 Å². The highest BCUT2D eigenvalue weighted by Gasteiger charge is 2.35. The number of fused-ring (bicyclic) bond motifs is 1. The molecule has 3 aromatic rings. The number of anilines is 2. The summed E-state index contributed by atoms with van der Waals surface area (Å²) < 4.78 is 31.0. The second-order valence-electron chi connectivity index (χ2n) is 6.84. The van der Waals surface area contributed by atoms with Crippen molar-refractivity contribution in [2.45, 2.75) is 32.7 Å². The Hall–Kier alpha value is -3.46. The van der Waals surface area contributed by atoms with Crippen LogP contribution in [-0.4, -0.2) is 29.1 Å². The van der Waals surface area contributed by atoms with Crippen molar-refractivity contribution in [2.24, 2.45) is 0 Å². The van der Waals surface area contributed by atoms with Gasteiger partial charge in [-0.15, -0.1) is 11.3 Å². The Morgan fingerprint density at radius 1 is 1.13 bits per heavy atom. The molecule has 0 saturated heterocycles. The van der Waals surface area contributed by atoms with Gasteiger partial charge >= 0.3 is 5.97 Å². The maximum Gasteiger partial charge on any atom is 0.351 e. The molecule has 0 saturated carbocycles. The first-order valence-electron chi connectivity index (χ1n) is 9.52. The van der Waals surface area contributed by atoms with Crippen molar-refractivity contribution in [1.29, 1.82) is 0 Å². The highest BCUT2D eigenvalue weighted by Crippen LogP contribution is 2.34. The van der Waals surface area contributed by atoms with Gasteiger partial charge in [0.05, 0.1) is 11.4 Å². The number of rotatable bonds is 5. The predicted molar refractivity (Wildman–Crippen MR) is 112 cm³/mol. The van der Waals surface area contributed by atoms with Crippen molar-refractivity contribution in [3.8, 4) is 11.5 Å². The summed E-state index contributed by atoms with van der Waals surface area (Å²) in [6.45, 7) is 2.93. The van der Waals surface area contributed by atoms with Crippen LogP contribution in [0.1, 0.15) is 19.5 Å². The molecule has 31 heavy (non-hydrogen) atoms. The summed E-state index contributed by atoms with van der Waals surface area (Å²) in [4.78, 5) is 30.2. The van der Waals surface area contributed by atoms with Crippen molar-refractivity contribution in [1.82, 2.24) is 4.98 Å². The fraction of sp³-hybridized carbons (Fsp3) is 0.227. The lowest BCUT2D eigenvalue weighted by molar-refractivity contribution is -0.159. The Balaban J connectivity index is 1.44. The first-order valence-corrected chi connectivity index (χ1v) is 10.4. The zero-order valence-electron chi connectivity index (χ0n) is 16.8. The van der Waals surface area contributed by atoms with Crippen LogP contribution in [-0.2, 0) is 20.9 Å². The fourth-order valence-corrected chi connectivity index (χ4v) is 3.98. The summed E-state index contributed by atoms with van der Waals surface area (Å²) in [5.74, 6) is -0.469. The van der Waals surface area contributed by atoms with Crippen molar-refractivity contribution in [2.75, 3.05) is 4.90 Å². The van der Waals surface area contributed by atoms with E-state index < -0.39 is 24.0 Å². The first kappa shape index (κ1) is 20.8. The van der Waals surface area contributed by atoms with E-state index in [9.17, 15) is 14.0 Å². The molecule has 2 heterocycles. The molecule has 0 spiro atoms. The van der Waals surface area contributed by atoms with Crippen molar-refractivity contribution >= 4 is 34.0 Å². The standard InChI is InChI=1S/C22H19FN2O5S/c1-13-20(30-19-10-6-5-9-18(19)29-13)21(27)28-11-15-12-31-22(24-15)25(14(2)26)17-8-4-3-7-16(17)23/h3-10,12-13,20H,11H2,1-2H3/t13-,20+/m1/s1. The zero-order valence-corrected chi connectivity index (χ0v) is 17.6. The number of benzene rings is 2. The van der Waals surface area contributed by atoms with Crippen molar-refractivity contribution in [3.05, 3.63) is 65.4 Å². The van der Waals surface area contributed by atoms with E-state index in [1.54, 1.807) is 42.6 Å². The summed E-state index contributed by atoms with van der Waals surface area (Å²) in [6.07, 6.45) is -1.44. The number of carbonyl (C=O) groups excluding carboxylic acids is 2. The molecule has 1 aliphatic rings. The average molecular weight is 442 g/mol. The summed E-state index contributed by atoms with van der Waals surface area (Å²) in [7, 11) is 0. The summed E-state index contributed by atoms with van der Waals surface area (Å²) in [6, 6.07) is 13.0. The van der Waals surface area contributed by atoms with Crippen LogP contribution in [0.15, 0.2) is 53.9 Å². The Labute approximate surface area is 182 Å². The third kappa shape index (κ3) is 4.36. The second-order valence-corrected chi connectivity index (χ2v) is 7.68. The SMILES string of the molecule is CC(=O)N(c1nc(COC(=O)[C@H]2Oc3ccccc3O[C@@H]2C)cs1)c1ccccc1F. The third-order valence-electron chi connectivity index (χ3n) is 4.58. The summed E-state index contributed by atoms with van der Waals surface area (Å²) in [5, 5.41) is 1.93. The molecule has 9 heteroatoms. The van der Waals surface area contributed by atoms with E-state index in [0.717, 1.165) is 11.3 Å². The molecule has 0 bridgehead atoms. The lowest BCUT2D eigenvalue weighted by Crippen LogP contribution is -2.44. The molecule has 0 N–H and O–H groups in total. The van der Waals surface area contributed by atoms with Crippen LogP contribution in [0.3, 0.4) is 0 Å². The number of esters is 1. The second kappa shape index (κ2) is 8.73. The maximum absolute atomic E-state index is 14.2. The highest BCUT2D eigenvalue weighted by molar-refractivity contribution is 7.14. The number of para-hydroxylation sites is 3. The van der Waals surface area contributed by atoms with Gasteiger partial charge in [0.25, 0.3) is 0 Å². The molecule has 1 aliphatic heterocycles. The molecule has 4 rings (SSSR count). The number of aromatic nitrogens is 1. The lowest BCUT2D eigenvalue weighted by atomic mass is 10.2. The van der Waals surface area contributed by atoms with Crippen LogP contribution >= 0.6 is 11.3 Å². The largest absolute Gasteiger partial charge is 0.482 e. The molecule has 0 radical (unpaired) electrons. The van der Waals surface area contributed by atoms with Gasteiger partial charge in [-0.25, -0.2) is 14.2 Å². The van der Waals surface area contributed by atoms with E-state index in [2.05, 4.69) is 4.98 Å². The molecule has 1 aromatic heterocycles. The number of amides is 1. The monoisotopic (exact) mass is 442 g/mol. The molecule has 160 valence electrons. The number of hydrogen-bond donors (Lipinski definition) is 0. The van der Waals surface area contributed by atoms with Gasteiger partial charge in [0.1, 0.15) is 18.5 Å². The minimum absolute atomic E-state index is 0.105. The number of thiazole rings is 1. The van der Waals surface area contributed by atoms with Gasteiger partial charge in [0.2, 0.25) is 12.0 Å². The topological polar surface area (TPSA) is 78.0 Å².